The van der Waals surface area contributed by atoms with Crippen LogP contribution in [0.25, 0.3) is 0 Å². The minimum atomic E-state index is -4.37. The molecule has 51 heavy (non-hydrogen) atoms. The number of ether oxygens (including phenoxy) is 1. The second-order valence-corrected chi connectivity index (χ2v) is 23.2. The molecule has 278 valence electrons. The van der Waals surface area contributed by atoms with Crippen LogP contribution >= 0.6 is 11.6 Å². The third-order valence-electron chi connectivity index (χ3n) is 11.9. The van der Waals surface area contributed by atoms with E-state index in [1.807, 2.05) is 12.1 Å². The van der Waals surface area contributed by atoms with Crippen LogP contribution in [0.15, 0.2) is 48.6 Å². The van der Waals surface area contributed by atoms with Gasteiger partial charge in [-0.05, 0) is 110 Å². The molecular weight excluding hydrogens is 704 g/mol. The molecule has 2 heterocycles. The second kappa shape index (κ2) is 14.5. The Labute approximate surface area is 309 Å². The SMILES string of the molecule is CNC(=O)CN1CC/C=C/C(O[Si](C)(C)C(C)(C)C)[C@@H]2CC[C@H]2CN2C[C@@]3(CCCc4cc(Cl)ccc43)COc3ccc(cc32)C(=O)NS1(=O)=O. The second-order valence-electron chi connectivity index (χ2n) is 16.3. The maximum absolute atomic E-state index is 13.7. The van der Waals surface area contributed by atoms with Crippen molar-refractivity contribution in [1.82, 2.24) is 14.3 Å². The van der Waals surface area contributed by atoms with Crippen LogP contribution in [0.2, 0.25) is 23.2 Å². The molecule has 6 rings (SSSR count). The van der Waals surface area contributed by atoms with Gasteiger partial charge in [-0.1, -0.05) is 50.6 Å². The van der Waals surface area contributed by atoms with E-state index in [4.69, 9.17) is 20.8 Å². The van der Waals surface area contributed by atoms with Crippen molar-refractivity contribution in [3.8, 4) is 5.75 Å². The van der Waals surface area contributed by atoms with E-state index in [1.165, 1.54) is 18.2 Å². The quantitative estimate of drug-likeness (QED) is 0.282. The van der Waals surface area contributed by atoms with Crippen molar-refractivity contribution in [1.29, 1.82) is 0 Å². The molecule has 2 aliphatic carbocycles. The molecule has 2 N–H and O–H groups in total. The summed E-state index contributed by atoms with van der Waals surface area (Å²) in [5.74, 6) is 0.0292. The highest BCUT2D eigenvalue weighted by Gasteiger charge is 2.47. The molecule has 2 aromatic carbocycles. The predicted octanol–water partition coefficient (Wildman–Crippen LogP) is 6.21. The van der Waals surface area contributed by atoms with Crippen LogP contribution in [0.3, 0.4) is 0 Å². The predicted molar refractivity (Wildman–Crippen MR) is 204 cm³/mol. The topological polar surface area (TPSA) is 117 Å². The molecule has 1 spiro atoms. The molecule has 2 aromatic rings. The van der Waals surface area contributed by atoms with Crippen LogP contribution < -0.4 is 19.7 Å². The van der Waals surface area contributed by atoms with E-state index >= 15 is 0 Å². The summed E-state index contributed by atoms with van der Waals surface area (Å²) >= 11 is 6.47. The number of nitrogens with one attached hydrogen (secondary N) is 2. The average molecular weight is 757 g/mol. The lowest BCUT2D eigenvalue weighted by Gasteiger charge is -2.48. The summed E-state index contributed by atoms with van der Waals surface area (Å²) in [6.45, 7) is 12.8. The van der Waals surface area contributed by atoms with Crippen LogP contribution in [-0.4, -0.2) is 78.8 Å². The number of hydrogen-bond acceptors (Lipinski definition) is 7. The minimum absolute atomic E-state index is 0.00700. The number of likely N-dealkylation sites (N-methyl/N-ethyl adjacent to an activating group) is 1. The fraction of sp³-hybridized carbons (Fsp3) is 0.579. The van der Waals surface area contributed by atoms with Crippen molar-refractivity contribution < 1.29 is 27.2 Å². The van der Waals surface area contributed by atoms with Crippen LogP contribution in [0.1, 0.15) is 74.4 Å². The number of amides is 2. The Balaban J connectivity index is 1.43. The van der Waals surface area contributed by atoms with E-state index in [2.05, 4.69) is 67.0 Å². The van der Waals surface area contributed by atoms with Gasteiger partial charge >= 0.3 is 10.2 Å². The Morgan fingerprint density at radius 1 is 1.18 bits per heavy atom. The molecule has 4 atom stereocenters. The van der Waals surface area contributed by atoms with Crippen molar-refractivity contribution in [3.63, 3.8) is 0 Å². The van der Waals surface area contributed by atoms with E-state index < -0.39 is 36.9 Å². The van der Waals surface area contributed by atoms with Crippen molar-refractivity contribution >= 4 is 47.6 Å². The summed E-state index contributed by atoms with van der Waals surface area (Å²) in [7, 11) is -5.10. The van der Waals surface area contributed by atoms with E-state index in [-0.39, 0.29) is 34.6 Å². The number of nitrogens with zero attached hydrogens (tertiary/aromatic N) is 2. The van der Waals surface area contributed by atoms with Crippen molar-refractivity contribution in [3.05, 3.63) is 70.3 Å². The highest BCUT2D eigenvalue weighted by molar-refractivity contribution is 7.87. The van der Waals surface area contributed by atoms with Crippen molar-refractivity contribution in [2.24, 2.45) is 11.8 Å². The number of carbonyl (C=O) groups excluding carboxylic acids is 2. The van der Waals surface area contributed by atoms with Crippen molar-refractivity contribution in [2.75, 3.05) is 44.7 Å². The Morgan fingerprint density at radius 2 is 1.96 bits per heavy atom. The molecule has 0 saturated heterocycles. The first-order valence-corrected chi connectivity index (χ1v) is 22.9. The number of aryl methyl sites for hydroxylation is 1. The largest absolute Gasteiger partial charge is 0.490 e. The smallest absolute Gasteiger partial charge is 0.304 e. The van der Waals surface area contributed by atoms with Crippen LogP contribution in [0.4, 0.5) is 5.69 Å². The zero-order valence-corrected chi connectivity index (χ0v) is 33.3. The summed E-state index contributed by atoms with van der Waals surface area (Å²) in [5, 5.41) is 3.23. The van der Waals surface area contributed by atoms with Crippen LogP contribution in [0.5, 0.6) is 5.75 Å². The Kier molecular flexibility index (Phi) is 10.8. The van der Waals surface area contributed by atoms with Gasteiger partial charge in [-0.3, -0.25) is 9.59 Å². The number of rotatable bonds is 4. The molecular formula is C38H53ClN4O6SSi. The van der Waals surface area contributed by atoms with Crippen LogP contribution in [-0.2, 0) is 31.3 Å². The van der Waals surface area contributed by atoms with Gasteiger partial charge in [0.15, 0.2) is 8.32 Å². The third-order valence-corrected chi connectivity index (χ3v) is 18.1. The zero-order valence-electron chi connectivity index (χ0n) is 30.8. The summed E-state index contributed by atoms with van der Waals surface area (Å²) in [6.07, 6.45) is 9.32. The zero-order chi connectivity index (χ0) is 36.8. The molecule has 1 saturated carbocycles. The maximum atomic E-state index is 13.7. The van der Waals surface area contributed by atoms with Gasteiger partial charge < -0.3 is 19.4 Å². The number of fused-ring (bicyclic) bond motifs is 4. The summed E-state index contributed by atoms with van der Waals surface area (Å²) in [5.41, 5.74) is 3.19. The first-order valence-electron chi connectivity index (χ1n) is 18.2. The fourth-order valence-electron chi connectivity index (χ4n) is 7.79. The molecule has 2 amide bonds. The molecule has 0 radical (unpaired) electrons. The van der Waals surface area contributed by atoms with Crippen LogP contribution in [0, 0.1) is 11.8 Å². The lowest BCUT2D eigenvalue weighted by atomic mass is 9.68. The molecule has 10 nitrogen and oxygen atoms in total. The van der Waals surface area contributed by atoms with Gasteiger partial charge in [0, 0.05) is 42.7 Å². The van der Waals surface area contributed by atoms with E-state index in [9.17, 15) is 18.0 Å². The lowest BCUT2D eigenvalue weighted by molar-refractivity contribution is -0.120. The summed E-state index contributed by atoms with van der Waals surface area (Å²) < 4.78 is 44.3. The van der Waals surface area contributed by atoms with Gasteiger partial charge in [-0.15, -0.1) is 0 Å². The first-order chi connectivity index (χ1) is 24.0. The van der Waals surface area contributed by atoms with Gasteiger partial charge in [0.25, 0.3) is 5.91 Å². The minimum Gasteiger partial charge on any atom is -0.490 e. The first kappa shape index (κ1) is 37.8. The monoisotopic (exact) mass is 756 g/mol. The van der Waals surface area contributed by atoms with Gasteiger partial charge in [-0.2, -0.15) is 12.7 Å². The highest BCUT2D eigenvalue weighted by atomic mass is 35.5. The molecule has 1 fully saturated rings. The molecule has 0 aromatic heterocycles. The van der Waals surface area contributed by atoms with Gasteiger partial charge in [0.05, 0.1) is 24.9 Å². The molecule has 2 aliphatic heterocycles. The van der Waals surface area contributed by atoms with E-state index in [0.29, 0.717) is 31.2 Å². The standard InChI is InChI=1S/C38H53ClN4O6SSi/c1-37(2,3)51(5,6)49-33-11-7-8-19-43(23-35(44)40-4)50(46,47)41-36(45)27-13-17-34-32(21-27)42(22-28-12-15-30(28)33)24-38(25-48-34)18-9-10-26-20-29(39)14-16-31(26)38/h7,11,13-14,16-17,20-21,28,30,33H,8-10,12,15,18-19,22-25H2,1-6H3,(H,40,44)(H,41,45)/b11-7+/t28-,30+,33?,38-/m0/s1. The summed E-state index contributed by atoms with van der Waals surface area (Å²) in [6, 6.07) is 11.4. The Morgan fingerprint density at radius 3 is 2.67 bits per heavy atom. The highest BCUT2D eigenvalue weighted by Crippen LogP contribution is 2.48. The van der Waals surface area contributed by atoms with Gasteiger partial charge in [0.2, 0.25) is 5.91 Å². The number of anilines is 1. The average Bonchev–Trinajstić information content (AvgIpc) is 3.19. The van der Waals surface area contributed by atoms with Gasteiger partial charge in [-0.25, -0.2) is 4.72 Å². The number of halogens is 1. The number of hydrogen-bond donors (Lipinski definition) is 2. The van der Waals surface area contributed by atoms with Gasteiger partial charge in [0.1, 0.15) is 5.75 Å². The molecule has 2 bridgehead atoms. The number of carbonyl (C=O) groups is 2. The van der Waals surface area contributed by atoms with E-state index in [1.54, 1.807) is 18.2 Å². The normalized spacial score (nSPS) is 27.5. The molecule has 4 aliphatic rings. The fourth-order valence-corrected chi connectivity index (χ4v) is 10.4. The molecule has 1 unspecified atom stereocenters. The number of benzene rings is 2. The Hall–Kier alpha value is -2.90. The summed E-state index contributed by atoms with van der Waals surface area (Å²) in [4.78, 5) is 28.5. The van der Waals surface area contributed by atoms with Crippen molar-refractivity contribution in [2.45, 2.75) is 88.9 Å². The van der Waals surface area contributed by atoms with E-state index in [0.717, 1.165) is 53.7 Å². The third kappa shape index (κ3) is 7.90. The maximum Gasteiger partial charge on any atom is 0.304 e. The Bertz CT molecular complexity index is 1800. The molecule has 13 heteroatoms. The lowest BCUT2D eigenvalue weighted by Crippen LogP contribution is -2.52.